The fourth-order valence-electron chi connectivity index (χ4n) is 1.60. The van der Waals surface area contributed by atoms with Crippen molar-refractivity contribution in [1.29, 1.82) is 0 Å². The molecule has 20 heavy (non-hydrogen) atoms. The SMILES string of the molecule is C[C@@H](NC(=O)C(C(F)(F)F)C(F)(F)F)c1ccccc1. The Balaban J connectivity index is 2.88. The van der Waals surface area contributed by atoms with Crippen LogP contribution in [-0.4, -0.2) is 18.3 Å². The molecule has 0 fully saturated rings. The number of rotatable bonds is 3. The molecule has 0 aliphatic heterocycles. The molecule has 0 heterocycles. The molecule has 1 aromatic rings. The number of halogens is 6. The predicted octanol–water partition coefficient (Wildman–Crippen LogP) is 3.60. The zero-order valence-electron chi connectivity index (χ0n) is 10.2. The van der Waals surface area contributed by atoms with Crippen LogP contribution in [0.25, 0.3) is 0 Å². The molecule has 1 amide bonds. The number of amides is 1. The molecular weight excluding hydrogens is 288 g/mol. The second-order valence-corrected chi connectivity index (χ2v) is 4.16. The molecule has 0 aromatic heterocycles. The number of hydrogen-bond acceptors (Lipinski definition) is 1. The van der Waals surface area contributed by atoms with Crippen LogP contribution in [0.15, 0.2) is 30.3 Å². The van der Waals surface area contributed by atoms with Crippen LogP contribution in [-0.2, 0) is 4.79 Å². The zero-order valence-corrected chi connectivity index (χ0v) is 10.2. The molecule has 0 saturated heterocycles. The quantitative estimate of drug-likeness (QED) is 0.849. The summed E-state index contributed by atoms with van der Waals surface area (Å²) in [5, 5.41) is 1.73. The van der Waals surface area contributed by atoms with Crippen molar-refractivity contribution in [2.24, 2.45) is 5.92 Å². The summed E-state index contributed by atoms with van der Waals surface area (Å²) in [4.78, 5) is 11.3. The van der Waals surface area contributed by atoms with Gasteiger partial charge in [-0.15, -0.1) is 0 Å². The first kappa shape index (κ1) is 16.3. The van der Waals surface area contributed by atoms with Gasteiger partial charge >= 0.3 is 12.4 Å². The third kappa shape index (κ3) is 4.14. The van der Waals surface area contributed by atoms with E-state index in [0.29, 0.717) is 5.56 Å². The van der Waals surface area contributed by atoms with Gasteiger partial charge in [0.15, 0.2) is 0 Å². The van der Waals surface area contributed by atoms with Crippen molar-refractivity contribution in [3.63, 3.8) is 0 Å². The molecule has 112 valence electrons. The Morgan fingerprint density at radius 2 is 1.45 bits per heavy atom. The highest BCUT2D eigenvalue weighted by Crippen LogP contribution is 2.39. The third-order valence-electron chi connectivity index (χ3n) is 2.58. The minimum absolute atomic E-state index is 0.406. The minimum Gasteiger partial charge on any atom is -0.349 e. The van der Waals surface area contributed by atoms with E-state index in [1.165, 1.54) is 19.1 Å². The van der Waals surface area contributed by atoms with E-state index >= 15 is 0 Å². The first-order chi connectivity index (χ1) is 9.03. The number of alkyl halides is 6. The third-order valence-corrected chi connectivity index (χ3v) is 2.58. The monoisotopic (exact) mass is 299 g/mol. The fourth-order valence-corrected chi connectivity index (χ4v) is 1.60. The van der Waals surface area contributed by atoms with Gasteiger partial charge in [0, 0.05) is 0 Å². The van der Waals surface area contributed by atoms with Crippen LogP contribution in [0.4, 0.5) is 26.3 Å². The number of hydrogen-bond donors (Lipinski definition) is 1. The lowest BCUT2D eigenvalue weighted by Gasteiger charge is -2.24. The summed E-state index contributed by atoms with van der Waals surface area (Å²) in [6.07, 6.45) is -11.4. The van der Waals surface area contributed by atoms with Crippen LogP contribution in [0.5, 0.6) is 0 Å². The Morgan fingerprint density at radius 3 is 1.85 bits per heavy atom. The molecule has 1 N–H and O–H groups in total. The van der Waals surface area contributed by atoms with Gasteiger partial charge in [-0.2, -0.15) is 26.3 Å². The summed E-state index contributed by atoms with van der Waals surface area (Å²) in [6, 6.07) is 6.76. The molecule has 8 heteroatoms. The number of benzene rings is 1. The molecule has 0 bridgehead atoms. The first-order valence-corrected chi connectivity index (χ1v) is 5.52. The average Bonchev–Trinajstić information content (AvgIpc) is 2.25. The van der Waals surface area contributed by atoms with Crippen molar-refractivity contribution in [3.8, 4) is 0 Å². The highest BCUT2D eigenvalue weighted by Gasteiger charge is 2.61. The molecule has 0 saturated carbocycles. The van der Waals surface area contributed by atoms with E-state index in [1.807, 2.05) is 0 Å². The Labute approximate surface area is 110 Å². The molecule has 0 radical (unpaired) electrons. The van der Waals surface area contributed by atoms with E-state index in [1.54, 1.807) is 23.5 Å². The second kappa shape index (κ2) is 5.72. The summed E-state index contributed by atoms with van der Waals surface area (Å²) in [5.41, 5.74) is 0.406. The smallest absolute Gasteiger partial charge is 0.349 e. The molecule has 0 aliphatic rings. The topological polar surface area (TPSA) is 29.1 Å². The maximum absolute atomic E-state index is 12.3. The van der Waals surface area contributed by atoms with E-state index < -0.39 is 30.2 Å². The lowest BCUT2D eigenvalue weighted by Crippen LogP contribution is -2.48. The van der Waals surface area contributed by atoms with Crippen LogP contribution in [0.3, 0.4) is 0 Å². The first-order valence-electron chi connectivity index (χ1n) is 5.52. The van der Waals surface area contributed by atoms with Crippen LogP contribution in [0, 0.1) is 5.92 Å². The van der Waals surface area contributed by atoms with Gasteiger partial charge < -0.3 is 5.32 Å². The lowest BCUT2D eigenvalue weighted by molar-refractivity contribution is -0.274. The van der Waals surface area contributed by atoms with Gasteiger partial charge in [-0.25, -0.2) is 0 Å². The fraction of sp³-hybridized carbons (Fsp3) is 0.417. The summed E-state index contributed by atoms with van der Waals surface area (Å²) < 4.78 is 74.0. The van der Waals surface area contributed by atoms with Crippen molar-refractivity contribution in [2.45, 2.75) is 25.3 Å². The number of nitrogens with one attached hydrogen (secondary N) is 1. The molecule has 2 nitrogen and oxygen atoms in total. The van der Waals surface area contributed by atoms with E-state index in [0.717, 1.165) is 0 Å². The summed E-state index contributed by atoms with van der Waals surface area (Å²) >= 11 is 0. The molecule has 1 atom stereocenters. The van der Waals surface area contributed by atoms with Crippen LogP contribution < -0.4 is 5.32 Å². The van der Waals surface area contributed by atoms with Crippen molar-refractivity contribution in [3.05, 3.63) is 35.9 Å². The van der Waals surface area contributed by atoms with Gasteiger partial charge in [0.1, 0.15) is 0 Å². The number of carbonyl (C=O) groups excluding carboxylic acids is 1. The highest BCUT2D eigenvalue weighted by molar-refractivity contribution is 5.80. The Hall–Kier alpha value is -1.73. The van der Waals surface area contributed by atoms with E-state index in [4.69, 9.17) is 0 Å². The van der Waals surface area contributed by atoms with E-state index in [-0.39, 0.29) is 0 Å². The van der Waals surface area contributed by atoms with Crippen molar-refractivity contribution >= 4 is 5.91 Å². The van der Waals surface area contributed by atoms with Gasteiger partial charge in [0.05, 0.1) is 6.04 Å². The van der Waals surface area contributed by atoms with Gasteiger partial charge in [0.25, 0.3) is 0 Å². The summed E-state index contributed by atoms with van der Waals surface area (Å²) in [7, 11) is 0. The molecule has 0 aliphatic carbocycles. The van der Waals surface area contributed by atoms with Crippen LogP contribution in [0.1, 0.15) is 18.5 Å². The van der Waals surface area contributed by atoms with Gasteiger partial charge in [-0.3, -0.25) is 4.79 Å². The molecule has 0 unspecified atom stereocenters. The molecular formula is C12H11F6NO. The molecule has 0 spiro atoms. The summed E-state index contributed by atoms with van der Waals surface area (Å²) in [6.45, 7) is 1.30. The summed E-state index contributed by atoms with van der Waals surface area (Å²) in [5.74, 6) is -6.14. The highest BCUT2D eigenvalue weighted by atomic mass is 19.4. The standard InChI is InChI=1S/C12H11F6NO/c1-7(8-5-3-2-4-6-8)19-10(20)9(11(13,14)15)12(16,17)18/h2-7,9H,1H3,(H,19,20)/t7-/m1/s1. The van der Waals surface area contributed by atoms with E-state index in [9.17, 15) is 31.1 Å². The van der Waals surface area contributed by atoms with Crippen molar-refractivity contribution in [1.82, 2.24) is 5.32 Å². The number of carbonyl (C=O) groups is 1. The van der Waals surface area contributed by atoms with Crippen molar-refractivity contribution < 1.29 is 31.1 Å². The zero-order chi connectivity index (χ0) is 15.6. The predicted molar refractivity (Wildman–Crippen MR) is 58.6 cm³/mol. The average molecular weight is 299 g/mol. The Bertz CT molecular complexity index is 439. The second-order valence-electron chi connectivity index (χ2n) is 4.16. The van der Waals surface area contributed by atoms with Gasteiger partial charge in [-0.05, 0) is 12.5 Å². The van der Waals surface area contributed by atoms with E-state index in [2.05, 4.69) is 0 Å². The largest absolute Gasteiger partial charge is 0.409 e. The lowest BCUT2D eigenvalue weighted by atomic mass is 10.0. The minimum atomic E-state index is -5.68. The molecule has 1 rings (SSSR count). The van der Waals surface area contributed by atoms with Gasteiger partial charge in [-0.1, -0.05) is 30.3 Å². The van der Waals surface area contributed by atoms with Crippen molar-refractivity contribution in [2.75, 3.05) is 0 Å². The maximum Gasteiger partial charge on any atom is 0.409 e. The Morgan fingerprint density at radius 1 is 1.00 bits per heavy atom. The molecule has 1 aromatic carbocycles. The van der Waals surface area contributed by atoms with Crippen LogP contribution in [0.2, 0.25) is 0 Å². The van der Waals surface area contributed by atoms with Crippen LogP contribution >= 0.6 is 0 Å². The Kier molecular flexibility index (Phi) is 4.67. The normalized spacial score (nSPS) is 14.2. The van der Waals surface area contributed by atoms with Gasteiger partial charge in [0.2, 0.25) is 11.8 Å². The maximum atomic E-state index is 12.3.